The Morgan fingerprint density at radius 2 is 1.37 bits per heavy atom. The van der Waals surface area contributed by atoms with Crippen LogP contribution in [0.4, 0.5) is 0 Å². The Labute approximate surface area is 161 Å². The van der Waals surface area contributed by atoms with Crippen molar-refractivity contribution in [1.29, 1.82) is 0 Å². The third-order valence-electron chi connectivity index (χ3n) is 11.3. The highest BCUT2D eigenvalue weighted by molar-refractivity contribution is 5.66. The molecule has 2 heterocycles. The lowest BCUT2D eigenvalue weighted by atomic mass is 9.54. The standard InChI is InChI=1S/C24H30O3/c1-8-12-6-15(22(8)26-9(2)25)21-18(12)23-19-13-7-14(20(19)24(21)27-23)17-11-4-3-10(5-11)16(13)17/h3-4,8,10-24H,5-7H2,1-2H3. The molecule has 16 unspecified atom stereocenters. The van der Waals surface area contributed by atoms with E-state index >= 15 is 0 Å². The second-order valence-corrected chi connectivity index (χ2v) is 11.5. The molecule has 144 valence electrons. The van der Waals surface area contributed by atoms with Gasteiger partial charge in [0.1, 0.15) is 6.10 Å². The fourth-order valence-electron chi connectivity index (χ4n) is 11.2. The van der Waals surface area contributed by atoms with Crippen LogP contribution in [0.15, 0.2) is 12.2 Å². The summed E-state index contributed by atoms with van der Waals surface area (Å²) in [6.07, 6.45) is 10.6. The predicted octanol–water partition coefficient (Wildman–Crippen LogP) is 3.54. The first-order chi connectivity index (χ1) is 13.1. The zero-order valence-corrected chi connectivity index (χ0v) is 16.2. The third-order valence-corrected chi connectivity index (χ3v) is 11.3. The summed E-state index contributed by atoms with van der Waals surface area (Å²) in [7, 11) is 0. The number of ether oxygens (including phenoxy) is 2. The lowest BCUT2D eigenvalue weighted by molar-refractivity contribution is -0.155. The summed E-state index contributed by atoms with van der Waals surface area (Å²) in [5.41, 5.74) is 0. The van der Waals surface area contributed by atoms with E-state index in [9.17, 15) is 4.79 Å². The van der Waals surface area contributed by atoms with Crippen LogP contribution in [0.3, 0.4) is 0 Å². The van der Waals surface area contributed by atoms with Crippen molar-refractivity contribution in [3.05, 3.63) is 12.2 Å². The van der Waals surface area contributed by atoms with Crippen LogP contribution >= 0.6 is 0 Å². The van der Waals surface area contributed by atoms with E-state index in [0.717, 1.165) is 59.2 Å². The molecule has 2 saturated heterocycles. The minimum Gasteiger partial charge on any atom is -0.462 e. The summed E-state index contributed by atoms with van der Waals surface area (Å²) in [6.45, 7) is 3.93. The lowest BCUT2D eigenvalue weighted by Crippen LogP contribution is -2.52. The normalized spacial score (nSPS) is 70.0. The van der Waals surface area contributed by atoms with E-state index in [0.29, 0.717) is 30.0 Å². The smallest absolute Gasteiger partial charge is 0.302 e. The molecule has 5 saturated carbocycles. The van der Waals surface area contributed by atoms with Crippen LogP contribution in [-0.2, 0) is 14.3 Å². The molecule has 8 bridgehead atoms. The van der Waals surface area contributed by atoms with Crippen molar-refractivity contribution in [2.24, 2.45) is 76.9 Å². The van der Waals surface area contributed by atoms with E-state index in [4.69, 9.17) is 9.47 Å². The number of carbonyl (C=O) groups excluding carboxylic acids is 1. The van der Waals surface area contributed by atoms with Gasteiger partial charge >= 0.3 is 5.97 Å². The fourth-order valence-corrected chi connectivity index (χ4v) is 11.2. The van der Waals surface area contributed by atoms with Gasteiger partial charge in [0, 0.05) is 12.8 Å². The van der Waals surface area contributed by atoms with Crippen molar-refractivity contribution in [3.63, 3.8) is 0 Å². The molecule has 8 aliphatic rings. The maximum atomic E-state index is 11.7. The van der Waals surface area contributed by atoms with Crippen LogP contribution in [0.2, 0.25) is 0 Å². The second kappa shape index (κ2) is 4.50. The molecule has 16 atom stereocenters. The first-order valence-electron chi connectivity index (χ1n) is 11.6. The molecule has 0 aromatic rings. The molecule has 7 fully saturated rings. The number of rotatable bonds is 1. The van der Waals surface area contributed by atoms with Crippen LogP contribution < -0.4 is 0 Å². The number of carbonyl (C=O) groups is 1. The molecule has 3 heteroatoms. The van der Waals surface area contributed by atoms with Crippen molar-refractivity contribution in [3.8, 4) is 0 Å². The molecule has 2 aliphatic heterocycles. The predicted molar refractivity (Wildman–Crippen MR) is 98.3 cm³/mol. The molecule has 0 aromatic carbocycles. The highest BCUT2D eigenvalue weighted by atomic mass is 16.5. The molecular formula is C24H30O3. The van der Waals surface area contributed by atoms with Crippen LogP contribution in [0.5, 0.6) is 0 Å². The molecule has 0 N–H and O–H groups in total. The van der Waals surface area contributed by atoms with Gasteiger partial charge in [-0.2, -0.15) is 0 Å². The van der Waals surface area contributed by atoms with Crippen molar-refractivity contribution < 1.29 is 14.3 Å². The monoisotopic (exact) mass is 366 g/mol. The number of fused-ring (bicyclic) bond motifs is 23. The van der Waals surface area contributed by atoms with E-state index in [1.165, 1.54) is 19.3 Å². The Morgan fingerprint density at radius 3 is 2.00 bits per heavy atom. The van der Waals surface area contributed by atoms with Gasteiger partial charge in [0.25, 0.3) is 0 Å². The Morgan fingerprint density at radius 1 is 0.815 bits per heavy atom. The highest BCUT2D eigenvalue weighted by Crippen LogP contribution is 2.77. The summed E-state index contributed by atoms with van der Waals surface area (Å²) < 4.78 is 12.7. The van der Waals surface area contributed by atoms with Gasteiger partial charge in [-0.05, 0) is 90.3 Å². The molecule has 0 amide bonds. The van der Waals surface area contributed by atoms with Crippen LogP contribution in [0.1, 0.15) is 33.1 Å². The average molecular weight is 367 g/mol. The summed E-state index contributed by atoms with van der Waals surface area (Å²) in [4.78, 5) is 11.7. The summed E-state index contributed by atoms with van der Waals surface area (Å²) in [5, 5.41) is 0. The van der Waals surface area contributed by atoms with E-state index in [2.05, 4.69) is 19.1 Å². The largest absolute Gasteiger partial charge is 0.462 e. The Hall–Kier alpha value is -0.830. The molecule has 27 heavy (non-hydrogen) atoms. The average Bonchev–Trinajstić information content (AvgIpc) is 3.43. The minimum atomic E-state index is -0.0885. The zero-order valence-electron chi connectivity index (χ0n) is 16.2. The lowest BCUT2D eigenvalue weighted by Gasteiger charge is -2.49. The van der Waals surface area contributed by atoms with Crippen LogP contribution in [0.25, 0.3) is 0 Å². The quantitative estimate of drug-likeness (QED) is 0.405. The number of esters is 1. The van der Waals surface area contributed by atoms with E-state index in [1.54, 1.807) is 6.92 Å². The molecule has 6 aliphatic carbocycles. The summed E-state index contributed by atoms with van der Waals surface area (Å²) in [5.74, 6) is 10.6. The van der Waals surface area contributed by atoms with Gasteiger partial charge in [0.15, 0.2) is 0 Å². The minimum absolute atomic E-state index is 0.0885. The van der Waals surface area contributed by atoms with E-state index in [-0.39, 0.29) is 12.1 Å². The third kappa shape index (κ3) is 1.46. The van der Waals surface area contributed by atoms with E-state index in [1.807, 2.05) is 0 Å². The SMILES string of the molecule is CC(=O)OC1C(C)C2CC1C1C3OC(C21)C1C2CC(C4C5C=CC(C5)C24)C31. The maximum absolute atomic E-state index is 11.7. The van der Waals surface area contributed by atoms with Gasteiger partial charge in [-0.25, -0.2) is 0 Å². The zero-order chi connectivity index (χ0) is 17.8. The highest BCUT2D eigenvalue weighted by Gasteiger charge is 2.78. The number of hydrogen-bond acceptors (Lipinski definition) is 3. The topological polar surface area (TPSA) is 35.5 Å². The summed E-state index contributed by atoms with van der Waals surface area (Å²) >= 11 is 0. The Kier molecular flexibility index (Phi) is 2.51. The maximum Gasteiger partial charge on any atom is 0.302 e. The van der Waals surface area contributed by atoms with Crippen LogP contribution in [0, 0.1) is 76.9 Å². The Balaban J connectivity index is 1.17. The van der Waals surface area contributed by atoms with Gasteiger partial charge in [0.2, 0.25) is 0 Å². The molecule has 8 rings (SSSR count). The van der Waals surface area contributed by atoms with Crippen molar-refractivity contribution >= 4 is 5.97 Å². The van der Waals surface area contributed by atoms with Gasteiger partial charge < -0.3 is 9.47 Å². The van der Waals surface area contributed by atoms with Crippen molar-refractivity contribution in [1.82, 2.24) is 0 Å². The second-order valence-electron chi connectivity index (χ2n) is 11.5. The molecule has 0 spiro atoms. The van der Waals surface area contributed by atoms with Crippen molar-refractivity contribution in [2.75, 3.05) is 0 Å². The number of hydrogen-bond donors (Lipinski definition) is 0. The van der Waals surface area contributed by atoms with Crippen molar-refractivity contribution in [2.45, 2.75) is 51.4 Å². The molecule has 0 aromatic heterocycles. The molecule has 3 nitrogen and oxygen atoms in total. The number of allylic oxidation sites excluding steroid dienone is 2. The molecule has 0 radical (unpaired) electrons. The molecular weight excluding hydrogens is 336 g/mol. The fraction of sp³-hybridized carbons (Fsp3) is 0.875. The Bertz CT molecular complexity index is 774. The van der Waals surface area contributed by atoms with Gasteiger partial charge in [-0.1, -0.05) is 19.1 Å². The van der Waals surface area contributed by atoms with Crippen LogP contribution in [-0.4, -0.2) is 24.3 Å². The van der Waals surface area contributed by atoms with E-state index < -0.39 is 0 Å². The first-order valence-corrected chi connectivity index (χ1v) is 11.6. The van der Waals surface area contributed by atoms with Gasteiger partial charge in [0.05, 0.1) is 12.2 Å². The first kappa shape index (κ1) is 15.1. The van der Waals surface area contributed by atoms with Gasteiger partial charge in [-0.15, -0.1) is 0 Å². The summed E-state index contributed by atoms with van der Waals surface area (Å²) in [6, 6.07) is 0. The van der Waals surface area contributed by atoms with Gasteiger partial charge in [-0.3, -0.25) is 4.79 Å².